The smallest absolute Gasteiger partial charge is 0.358 e. The summed E-state index contributed by atoms with van der Waals surface area (Å²) in [6.45, 7) is 2.04. The van der Waals surface area contributed by atoms with Crippen molar-refractivity contribution in [1.29, 1.82) is 0 Å². The monoisotopic (exact) mass is 221 g/mol. The number of aromatic nitrogens is 1. The van der Waals surface area contributed by atoms with E-state index in [0.29, 0.717) is 17.6 Å². The highest BCUT2D eigenvalue weighted by atomic mass is 19.1. The molecule has 0 aliphatic rings. The molecule has 4 heteroatoms. The molecule has 1 aromatic carbocycles. The number of rotatable bonds is 3. The van der Waals surface area contributed by atoms with Crippen LogP contribution < -0.4 is 5.63 Å². The van der Waals surface area contributed by atoms with Gasteiger partial charge in [0.2, 0.25) is 0 Å². The average Bonchev–Trinajstić information content (AvgIpc) is 2.26. The van der Waals surface area contributed by atoms with Crippen LogP contribution in [-0.2, 0) is 6.42 Å². The SMILES string of the molecule is CCCCc1nc2ccc(F)cc2oc1=O. The third-order valence-corrected chi connectivity index (χ3v) is 2.38. The summed E-state index contributed by atoms with van der Waals surface area (Å²) in [7, 11) is 0. The number of fused-ring (bicyclic) bond motifs is 1. The summed E-state index contributed by atoms with van der Waals surface area (Å²) in [5.74, 6) is -0.432. The topological polar surface area (TPSA) is 43.1 Å². The van der Waals surface area contributed by atoms with Gasteiger partial charge in [0.05, 0.1) is 0 Å². The minimum Gasteiger partial charge on any atom is -0.420 e. The standard InChI is InChI=1S/C12H12FNO2/c1-2-3-4-10-12(15)16-11-7-8(13)5-6-9(11)14-10/h5-7H,2-4H2,1H3. The van der Waals surface area contributed by atoms with E-state index in [1.165, 1.54) is 18.2 Å². The molecule has 0 N–H and O–H groups in total. The maximum Gasteiger partial charge on any atom is 0.358 e. The zero-order valence-electron chi connectivity index (χ0n) is 9.00. The van der Waals surface area contributed by atoms with E-state index in [2.05, 4.69) is 4.98 Å². The quantitative estimate of drug-likeness (QED) is 0.800. The third-order valence-electron chi connectivity index (χ3n) is 2.38. The zero-order valence-corrected chi connectivity index (χ0v) is 9.00. The number of hydrogen-bond acceptors (Lipinski definition) is 3. The summed E-state index contributed by atoms with van der Waals surface area (Å²) >= 11 is 0. The summed E-state index contributed by atoms with van der Waals surface area (Å²) in [6, 6.07) is 4.00. The number of aryl methyl sites for hydroxylation is 1. The first-order chi connectivity index (χ1) is 7.70. The summed E-state index contributed by atoms with van der Waals surface area (Å²) < 4.78 is 17.9. The third kappa shape index (κ3) is 2.10. The average molecular weight is 221 g/mol. The number of halogens is 1. The highest BCUT2D eigenvalue weighted by molar-refractivity contribution is 5.71. The van der Waals surface area contributed by atoms with Crippen LogP contribution in [0.2, 0.25) is 0 Å². The van der Waals surface area contributed by atoms with Gasteiger partial charge in [-0.3, -0.25) is 0 Å². The lowest BCUT2D eigenvalue weighted by Gasteiger charge is -2.00. The van der Waals surface area contributed by atoms with Crippen molar-refractivity contribution in [2.75, 3.05) is 0 Å². The Hall–Kier alpha value is -1.71. The summed E-state index contributed by atoms with van der Waals surface area (Å²) in [4.78, 5) is 15.7. The van der Waals surface area contributed by atoms with Crippen molar-refractivity contribution < 1.29 is 8.81 Å². The predicted molar refractivity (Wildman–Crippen MR) is 58.8 cm³/mol. The van der Waals surface area contributed by atoms with E-state index in [0.717, 1.165) is 12.8 Å². The molecule has 0 atom stereocenters. The maximum atomic E-state index is 12.9. The van der Waals surface area contributed by atoms with Crippen molar-refractivity contribution in [2.45, 2.75) is 26.2 Å². The number of hydrogen-bond donors (Lipinski definition) is 0. The lowest BCUT2D eigenvalue weighted by molar-refractivity contribution is 0.532. The molecular weight excluding hydrogens is 209 g/mol. The zero-order chi connectivity index (χ0) is 11.5. The van der Waals surface area contributed by atoms with Crippen molar-refractivity contribution in [1.82, 2.24) is 4.98 Å². The number of nitrogens with zero attached hydrogens (tertiary/aromatic N) is 1. The molecule has 0 fully saturated rings. The maximum absolute atomic E-state index is 12.9. The first kappa shape index (κ1) is 10.8. The molecule has 2 rings (SSSR count). The molecule has 0 saturated heterocycles. The highest BCUT2D eigenvalue weighted by Crippen LogP contribution is 2.12. The fraction of sp³-hybridized carbons (Fsp3) is 0.333. The fourth-order valence-corrected chi connectivity index (χ4v) is 1.51. The second-order valence-electron chi connectivity index (χ2n) is 3.66. The van der Waals surface area contributed by atoms with Crippen LogP contribution >= 0.6 is 0 Å². The Bertz CT molecular complexity index is 562. The van der Waals surface area contributed by atoms with Gasteiger partial charge in [-0.15, -0.1) is 0 Å². The van der Waals surface area contributed by atoms with Crippen molar-refractivity contribution >= 4 is 11.1 Å². The normalized spacial score (nSPS) is 10.9. The molecule has 84 valence electrons. The minimum absolute atomic E-state index is 0.199. The van der Waals surface area contributed by atoms with Crippen molar-refractivity contribution in [3.8, 4) is 0 Å². The Labute approximate surface area is 91.9 Å². The number of benzene rings is 1. The van der Waals surface area contributed by atoms with Gasteiger partial charge in [-0.25, -0.2) is 14.2 Å². The van der Waals surface area contributed by atoms with Gasteiger partial charge in [-0.2, -0.15) is 0 Å². The van der Waals surface area contributed by atoms with Gasteiger partial charge in [0.25, 0.3) is 0 Å². The molecule has 0 amide bonds. The van der Waals surface area contributed by atoms with Crippen LogP contribution in [-0.4, -0.2) is 4.98 Å². The lowest BCUT2D eigenvalue weighted by atomic mass is 10.2. The van der Waals surface area contributed by atoms with Gasteiger partial charge in [0.1, 0.15) is 17.0 Å². The van der Waals surface area contributed by atoms with Crippen LogP contribution in [0, 0.1) is 5.82 Å². The molecule has 3 nitrogen and oxygen atoms in total. The van der Waals surface area contributed by atoms with Gasteiger partial charge in [0, 0.05) is 6.07 Å². The van der Waals surface area contributed by atoms with Gasteiger partial charge in [0.15, 0.2) is 5.58 Å². The second kappa shape index (κ2) is 4.43. The lowest BCUT2D eigenvalue weighted by Crippen LogP contribution is -2.10. The van der Waals surface area contributed by atoms with Gasteiger partial charge in [-0.05, 0) is 25.0 Å². The Morgan fingerprint density at radius 2 is 2.25 bits per heavy atom. The summed E-state index contributed by atoms with van der Waals surface area (Å²) in [5, 5.41) is 0. The molecule has 2 aromatic rings. The van der Waals surface area contributed by atoms with E-state index < -0.39 is 11.4 Å². The van der Waals surface area contributed by atoms with E-state index in [-0.39, 0.29) is 5.58 Å². The largest absolute Gasteiger partial charge is 0.420 e. The van der Waals surface area contributed by atoms with E-state index in [1.54, 1.807) is 0 Å². The molecular formula is C12H12FNO2. The Morgan fingerprint density at radius 1 is 1.44 bits per heavy atom. The molecule has 1 aromatic heterocycles. The number of unbranched alkanes of at least 4 members (excludes halogenated alkanes) is 1. The van der Waals surface area contributed by atoms with Crippen LogP contribution in [0.5, 0.6) is 0 Å². The van der Waals surface area contributed by atoms with Crippen molar-refractivity contribution in [3.05, 3.63) is 40.1 Å². The summed E-state index contributed by atoms with van der Waals surface area (Å²) in [6.07, 6.45) is 2.49. The molecule has 0 radical (unpaired) electrons. The molecule has 0 aliphatic carbocycles. The summed E-state index contributed by atoms with van der Waals surface area (Å²) in [5.41, 5.74) is 0.671. The van der Waals surface area contributed by atoms with E-state index in [9.17, 15) is 9.18 Å². The molecule has 16 heavy (non-hydrogen) atoms. The second-order valence-corrected chi connectivity index (χ2v) is 3.66. The molecule has 0 spiro atoms. The molecule has 1 heterocycles. The molecule has 0 saturated carbocycles. The first-order valence-corrected chi connectivity index (χ1v) is 5.30. The minimum atomic E-state index is -0.466. The molecule has 0 aliphatic heterocycles. The molecule has 0 bridgehead atoms. The van der Waals surface area contributed by atoms with Crippen LogP contribution in [0.15, 0.2) is 27.4 Å². The van der Waals surface area contributed by atoms with E-state index in [1.807, 2.05) is 6.92 Å². The Morgan fingerprint density at radius 3 is 3.00 bits per heavy atom. The van der Waals surface area contributed by atoms with Crippen LogP contribution in [0.25, 0.3) is 11.1 Å². The van der Waals surface area contributed by atoms with Gasteiger partial charge < -0.3 is 4.42 Å². The van der Waals surface area contributed by atoms with Crippen LogP contribution in [0.1, 0.15) is 25.5 Å². The van der Waals surface area contributed by atoms with Crippen molar-refractivity contribution in [2.24, 2.45) is 0 Å². The van der Waals surface area contributed by atoms with Crippen LogP contribution in [0.4, 0.5) is 4.39 Å². The van der Waals surface area contributed by atoms with Gasteiger partial charge >= 0.3 is 5.63 Å². The predicted octanol–water partition coefficient (Wildman–Crippen LogP) is 2.67. The van der Waals surface area contributed by atoms with Gasteiger partial charge in [-0.1, -0.05) is 13.3 Å². The van der Waals surface area contributed by atoms with E-state index in [4.69, 9.17) is 4.42 Å². The highest BCUT2D eigenvalue weighted by Gasteiger charge is 2.07. The Kier molecular flexibility index (Phi) is 2.99. The Balaban J connectivity index is 2.50. The van der Waals surface area contributed by atoms with E-state index >= 15 is 0 Å². The van der Waals surface area contributed by atoms with Crippen LogP contribution in [0.3, 0.4) is 0 Å². The van der Waals surface area contributed by atoms with Crippen molar-refractivity contribution in [3.63, 3.8) is 0 Å². The molecule has 0 unspecified atom stereocenters. The fourth-order valence-electron chi connectivity index (χ4n) is 1.51. The first-order valence-electron chi connectivity index (χ1n) is 5.30.